The van der Waals surface area contributed by atoms with Crippen molar-refractivity contribution in [3.63, 3.8) is 0 Å². The highest BCUT2D eigenvalue weighted by Crippen LogP contribution is 1.96. The molecule has 0 radical (unpaired) electrons. The zero-order valence-corrected chi connectivity index (χ0v) is 6.31. The van der Waals surface area contributed by atoms with Gasteiger partial charge in [-0.1, -0.05) is 13.2 Å². The van der Waals surface area contributed by atoms with E-state index in [0.29, 0.717) is 5.57 Å². The standard InChI is InChI=1S/C7H10N2O2/c1-4(2)6(10)5(3)9-7(8)11/h1,3H2,2H3,(H3,8,9,11). The van der Waals surface area contributed by atoms with Crippen molar-refractivity contribution in [3.05, 3.63) is 24.4 Å². The fourth-order valence-electron chi connectivity index (χ4n) is 0.463. The van der Waals surface area contributed by atoms with Gasteiger partial charge in [0.15, 0.2) is 0 Å². The molecule has 0 spiro atoms. The second-order valence-electron chi connectivity index (χ2n) is 2.08. The average Bonchev–Trinajstić information content (AvgIpc) is 1.84. The number of carbonyl (C=O) groups is 2. The molecular formula is C7H10N2O2. The highest BCUT2D eigenvalue weighted by atomic mass is 16.2. The first-order valence-electron chi connectivity index (χ1n) is 2.90. The van der Waals surface area contributed by atoms with E-state index in [4.69, 9.17) is 5.73 Å². The van der Waals surface area contributed by atoms with Crippen molar-refractivity contribution in [2.75, 3.05) is 0 Å². The van der Waals surface area contributed by atoms with E-state index in [1.165, 1.54) is 6.92 Å². The molecule has 0 aromatic heterocycles. The van der Waals surface area contributed by atoms with Gasteiger partial charge in [0, 0.05) is 0 Å². The van der Waals surface area contributed by atoms with Crippen molar-refractivity contribution in [3.8, 4) is 0 Å². The molecule has 0 aliphatic carbocycles. The van der Waals surface area contributed by atoms with E-state index in [-0.39, 0.29) is 5.70 Å². The molecular weight excluding hydrogens is 144 g/mol. The van der Waals surface area contributed by atoms with Crippen LogP contribution in [0.4, 0.5) is 4.79 Å². The molecule has 4 heteroatoms. The van der Waals surface area contributed by atoms with Crippen molar-refractivity contribution in [1.29, 1.82) is 0 Å². The Morgan fingerprint density at radius 3 is 2.09 bits per heavy atom. The average molecular weight is 154 g/mol. The van der Waals surface area contributed by atoms with Crippen LogP contribution < -0.4 is 11.1 Å². The van der Waals surface area contributed by atoms with Crippen LogP contribution in [0, 0.1) is 0 Å². The lowest BCUT2D eigenvalue weighted by atomic mass is 10.2. The molecule has 11 heavy (non-hydrogen) atoms. The molecule has 0 heterocycles. The number of urea groups is 1. The van der Waals surface area contributed by atoms with Gasteiger partial charge in [0.05, 0.1) is 5.70 Å². The van der Waals surface area contributed by atoms with Gasteiger partial charge in [-0.05, 0) is 12.5 Å². The summed E-state index contributed by atoms with van der Waals surface area (Å²) in [5, 5.41) is 2.06. The van der Waals surface area contributed by atoms with E-state index in [0.717, 1.165) is 0 Å². The molecule has 0 rings (SSSR count). The first-order valence-corrected chi connectivity index (χ1v) is 2.90. The van der Waals surface area contributed by atoms with Crippen molar-refractivity contribution >= 4 is 11.8 Å². The number of primary amides is 1. The predicted molar refractivity (Wildman–Crippen MR) is 41.7 cm³/mol. The zero-order chi connectivity index (χ0) is 9.02. The Bertz CT molecular complexity index is 231. The van der Waals surface area contributed by atoms with Crippen LogP contribution in [0.5, 0.6) is 0 Å². The van der Waals surface area contributed by atoms with Gasteiger partial charge in [0.25, 0.3) is 0 Å². The number of hydrogen-bond acceptors (Lipinski definition) is 2. The summed E-state index contributed by atoms with van der Waals surface area (Å²) in [6, 6.07) is -0.801. The van der Waals surface area contributed by atoms with Gasteiger partial charge in [-0.2, -0.15) is 0 Å². The maximum Gasteiger partial charge on any atom is 0.316 e. The maximum absolute atomic E-state index is 10.9. The van der Waals surface area contributed by atoms with Crippen LogP contribution in [0.15, 0.2) is 24.4 Å². The highest BCUT2D eigenvalue weighted by molar-refractivity contribution is 6.08. The summed E-state index contributed by atoms with van der Waals surface area (Å²) < 4.78 is 0. The topological polar surface area (TPSA) is 72.2 Å². The van der Waals surface area contributed by atoms with Gasteiger partial charge < -0.3 is 11.1 Å². The third-order valence-electron chi connectivity index (χ3n) is 0.936. The van der Waals surface area contributed by atoms with Gasteiger partial charge in [-0.15, -0.1) is 0 Å². The Hall–Kier alpha value is -1.58. The van der Waals surface area contributed by atoms with E-state index in [9.17, 15) is 9.59 Å². The smallest absolute Gasteiger partial charge is 0.316 e. The van der Waals surface area contributed by atoms with Crippen molar-refractivity contribution in [2.45, 2.75) is 6.92 Å². The quantitative estimate of drug-likeness (QED) is 0.574. The maximum atomic E-state index is 10.9. The van der Waals surface area contributed by atoms with Crippen molar-refractivity contribution < 1.29 is 9.59 Å². The number of nitrogens with one attached hydrogen (secondary N) is 1. The van der Waals surface area contributed by atoms with Gasteiger partial charge in [-0.3, -0.25) is 4.79 Å². The summed E-state index contributed by atoms with van der Waals surface area (Å²) in [5.41, 5.74) is 5.00. The minimum absolute atomic E-state index is 0.0509. The van der Waals surface area contributed by atoms with Crippen molar-refractivity contribution in [1.82, 2.24) is 5.32 Å². The fraction of sp³-hybridized carbons (Fsp3) is 0.143. The van der Waals surface area contributed by atoms with E-state index >= 15 is 0 Å². The molecule has 0 saturated carbocycles. The SMILES string of the molecule is C=C(C)C(=O)C(=C)NC(N)=O. The lowest BCUT2D eigenvalue weighted by Gasteiger charge is -2.02. The Morgan fingerprint density at radius 2 is 1.82 bits per heavy atom. The molecule has 0 fully saturated rings. The van der Waals surface area contributed by atoms with Crippen molar-refractivity contribution in [2.24, 2.45) is 5.73 Å². The minimum atomic E-state index is -0.801. The Kier molecular flexibility index (Phi) is 3.04. The third kappa shape index (κ3) is 3.20. The van der Waals surface area contributed by atoms with Crippen LogP contribution in [0.2, 0.25) is 0 Å². The van der Waals surface area contributed by atoms with Crippen LogP contribution in [-0.4, -0.2) is 11.8 Å². The first kappa shape index (κ1) is 9.42. The zero-order valence-electron chi connectivity index (χ0n) is 6.31. The van der Waals surface area contributed by atoms with Crippen LogP contribution in [0.25, 0.3) is 0 Å². The number of hydrogen-bond donors (Lipinski definition) is 2. The van der Waals surface area contributed by atoms with E-state index in [1.807, 2.05) is 0 Å². The molecule has 0 atom stereocenters. The lowest BCUT2D eigenvalue weighted by molar-refractivity contribution is -0.112. The Labute approximate surface area is 64.8 Å². The predicted octanol–water partition coefficient (Wildman–Crippen LogP) is 0.314. The van der Waals surface area contributed by atoms with Crippen LogP contribution in [0.1, 0.15) is 6.92 Å². The molecule has 0 unspecified atom stereocenters. The van der Waals surface area contributed by atoms with E-state index < -0.39 is 11.8 Å². The van der Waals surface area contributed by atoms with Gasteiger partial charge >= 0.3 is 6.03 Å². The van der Waals surface area contributed by atoms with E-state index in [1.54, 1.807) is 0 Å². The van der Waals surface area contributed by atoms with Gasteiger partial charge in [0.1, 0.15) is 0 Å². The minimum Gasteiger partial charge on any atom is -0.351 e. The monoisotopic (exact) mass is 154 g/mol. The molecule has 0 aliphatic rings. The molecule has 2 amide bonds. The second kappa shape index (κ2) is 3.55. The Morgan fingerprint density at radius 1 is 1.36 bits per heavy atom. The molecule has 4 nitrogen and oxygen atoms in total. The van der Waals surface area contributed by atoms with E-state index in [2.05, 4.69) is 18.5 Å². The number of allylic oxidation sites excluding steroid dienone is 1. The van der Waals surface area contributed by atoms with Crippen LogP contribution in [-0.2, 0) is 4.79 Å². The lowest BCUT2D eigenvalue weighted by Crippen LogP contribution is -2.31. The highest BCUT2D eigenvalue weighted by Gasteiger charge is 2.07. The molecule has 60 valence electrons. The first-order chi connectivity index (χ1) is 4.95. The van der Waals surface area contributed by atoms with Gasteiger partial charge in [0.2, 0.25) is 5.78 Å². The molecule has 0 aromatic rings. The summed E-state index contributed by atoms with van der Waals surface area (Å²) in [6.07, 6.45) is 0. The number of amides is 2. The Balaban J connectivity index is 4.16. The van der Waals surface area contributed by atoms with Crippen LogP contribution >= 0.6 is 0 Å². The van der Waals surface area contributed by atoms with Gasteiger partial charge in [-0.25, -0.2) is 4.79 Å². The number of nitrogens with two attached hydrogens (primary N) is 1. The summed E-state index contributed by atoms with van der Waals surface area (Å²) in [4.78, 5) is 21.1. The number of Topliss-reactive ketones (excluding diaryl/α,β-unsaturated/α-hetero) is 1. The largest absolute Gasteiger partial charge is 0.351 e. The molecule has 0 bridgehead atoms. The summed E-state index contributed by atoms with van der Waals surface area (Å²) in [7, 11) is 0. The number of ketones is 1. The number of rotatable bonds is 3. The number of carbonyl (C=O) groups excluding carboxylic acids is 2. The normalized spacial score (nSPS) is 8.45. The molecule has 0 aromatic carbocycles. The summed E-state index contributed by atoms with van der Waals surface area (Å²) in [6.45, 7) is 8.20. The molecule has 0 aliphatic heterocycles. The molecule has 3 N–H and O–H groups in total. The molecule has 0 saturated heterocycles. The second-order valence-corrected chi connectivity index (χ2v) is 2.08. The third-order valence-corrected chi connectivity index (χ3v) is 0.936. The van der Waals surface area contributed by atoms with Crippen LogP contribution in [0.3, 0.4) is 0 Å². The fourth-order valence-corrected chi connectivity index (χ4v) is 0.463. The summed E-state index contributed by atoms with van der Waals surface area (Å²) >= 11 is 0. The summed E-state index contributed by atoms with van der Waals surface area (Å²) in [5.74, 6) is -0.399.